The Kier molecular flexibility index (Phi) is 6.59. The van der Waals surface area contributed by atoms with Crippen LogP contribution in [0, 0.1) is 6.92 Å². The number of halogens is 3. The summed E-state index contributed by atoms with van der Waals surface area (Å²) in [5, 5.41) is 8.21. The number of hydrogen-bond acceptors (Lipinski definition) is 7. The summed E-state index contributed by atoms with van der Waals surface area (Å²) in [6, 6.07) is 10.4. The molecule has 0 amide bonds. The van der Waals surface area contributed by atoms with Crippen LogP contribution in [0.5, 0.6) is 0 Å². The van der Waals surface area contributed by atoms with Crippen LogP contribution in [0.3, 0.4) is 0 Å². The van der Waals surface area contributed by atoms with Crippen molar-refractivity contribution < 1.29 is 13.2 Å². The predicted molar refractivity (Wildman–Crippen MR) is 135 cm³/mol. The number of aryl methyl sites for hydroxylation is 2. The monoisotopic (exact) mass is 515 g/mol. The molecule has 0 atom stereocenters. The van der Waals surface area contributed by atoms with E-state index in [1.54, 1.807) is 11.3 Å². The topological polar surface area (TPSA) is 63.0 Å². The minimum absolute atomic E-state index is 0.144. The van der Waals surface area contributed by atoms with Gasteiger partial charge in [0.15, 0.2) is 5.82 Å². The Morgan fingerprint density at radius 1 is 1.08 bits per heavy atom. The smallest absolute Gasteiger partial charge is 0.347 e. The minimum atomic E-state index is -4.53. The van der Waals surface area contributed by atoms with E-state index in [1.807, 2.05) is 17.0 Å². The molecule has 0 bridgehead atoms. The van der Waals surface area contributed by atoms with Crippen LogP contribution in [-0.2, 0) is 32.2 Å². The van der Waals surface area contributed by atoms with Gasteiger partial charge in [0.1, 0.15) is 10.6 Å². The van der Waals surface area contributed by atoms with E-state index < -0.39 is 12.0 Å². The summed E-state index contributed by atoms with van der Waals surface area (Å²) in [6.07, 6.45) is -2.56. The quantitative estimate of drug-likeness (QED) is 0.319. The van der Waals surface area contributed by atoms with Crippen molar-refractivity contribution in [2.75, 3.05) is 22.9 Å². The molecule has 0 fully saturated rings. The molecule has 4 heterocycles. The number of alkyl halides is 3. The lowest BCUT2D eigenvalue weighted by atomic mass is 10.1. The van der Waals surface area contributed by atoms with Crippen LogP contribution >= 0.6 is 11.3 Å². The molecule has 0 spiro atoms. The first kappa shape index (κ1) is 24.5. The van der Waals surface area contributed by atoms with Crippen LogP contribution in [0.15, 0.2) is 30.3 Å². The zero-order valence-corrected chi connectivity index (χ0v) is 21.3. The van der Waals surface area contributed by atoms with E-state index >= 15 is 0 Å². The first-order chi connectivity index (χ1) is 17.3. The Labute approximate surface area is 211 Å². The molecule has 7 nitrogen and oxygen atoms in total. The molecule has 0 saturated carbocycles. The average molecular weight is 516 g/mol. The maximum atomic E-state index is 13.3. The largest absolute Gasteiger partial charge is 0.451 e. The molecule has 1 aliphatic heterocycles. The number of aromatic nitrogens is 5. The SMILES string of the molecule is CCCc1cc2c(N3CCn4c(nnc4C(F)(F)F)C3)nc(N(CC)Cc3ccccc3C)nc2s1. The molecule has 3 aromatic heterocycles. The summed E-state index contributed by atoms with van der Waals surface area (Å²) in [7, 11) is 0. The van der Waals surface area contributed by atoms with Crippen molar-refractivity contribution in [3.05, 3.63) is 58.0 Å². The van der Waals surface area contributed by atoms with Crippen LogP contribution in [0.2, 0.25) is 0 Å². The van der Waals surface area contributed by atoms with E-state index in [-0.39, 0.29) is 18.9 Å². The lowest BCUT2D eigenvalue weighted by Crippen LogP contribution is -2.36. The van der Waals surface area contributed by atoms with Crippen molar-refractivity contribution >= 4 is 33.3 Å². The zero-order valence-electron chi connectivity index (χ0n) is 20.5. The third kappa shape index (κ3) is 4.63. The van der Waals surface area contributed by atoms with Gasteiger partial charge in [-0.1, -0.05) is 37.6 Å². The molecule has 190 valence electrons. The highest BCUT2D eigenvalue weighted by molar-refractivity contribution is 7.18. The maximum Gasteiger partial charge on any atom is 0.451 e. The highest BCUT2D eigenvalue weighted by Gasteiger charge is 2.39. The highest BCUT2D eigenvalue weighted by Crippen LogP contribution is 2.36. The standard InChI is InChI=1S/C25H28F3N7S/c1-4-8-18-13-19-21(34-11-12-35-20(15-34)31-32-23(35)25(26,27)28)29-24(30-22(19)36-18)33(5-2)14-17-10-7-6-9-16(17)3/h6-7,9-10,13H,4-5,8,11-12,14-15H2,1-3H3. The van der Waals surface area contributed by atoms with E-state index in [0.717, 1.165) is 35.4 Å². The maximum absolute atomic E-state index is 13.3. The fourth-order valence-corrected chi connectivity index (χ4v) is 5.68. The molecule has 11 heteroatoms. The molecule has 0 radical (unpaired) electrons. The Morgan fingerprint density at radius 2 is 1.89 bits per heavy atom. The van der Waals surface area contributed by atoms with Gasteiger partial charge >= 0.3 is 6.18 Å². The van der Waals surface area contributed by atoms with Crippen molar-refractivity contribution in [1.29, 1.82) is 0 Å². The first-order valence-electron chi connectivity index (χ1n) is 12.1. The van der Waals surface area contributed by atoms with Gasteiger partial charge in [-0.25, -0.2) is 4.98 Å². The molecular weight excluding hydrogens is 487 g/mol. The van der Waals surface area contributed by atoms with Crippen LogP contribution < -0.4 is 9.80 Å². The third-order valence-corrected chi connectivity index (χ3v) is 7.59. The lowest BCUT2D eigenvalue weighted by molar-refractivity contribution is -0.147. The summed E-state index contributed by atoms with van der Waals surface area (Å²) in [4.78, 5) is 16.2. The summed E-state index contributed by atoms with van der Waals surface area (Å²) < 4.78 is 41.2. The van der Waals surface area contributed by atoms with Gasteiger partial charge in [-0.3, -0.25) is 0 Å². The van der Waals surface area contributed by atoms with Crippen molar-refractivity contribution in [1.82, 2.24) is 24.7 Å². The third-order valence-electron chi connectivity index (χ3n) is 6.50. The van der Waals surface area contributed by atoms with Crippen LogP contribution in [0.4, 0.5) is 24.9 Å². The van der Waals surface area contributed by atoms with E-state index in [0.29, 0.717) is 19.0 Å². The molecule has 4 aromatic rings. The van der Waals surface area contributed by atoms with Crippen molar-refractivity contribution in [3.63, 3.8) is 0 Å². The second-order valence-corrected chi connectivity index (χ2v) is 10.1. The molecule has 0 saturated heterocycles. The fraction of sp³-hybridized carbons (Fsp3) is 0.440. The van der Waals surface area contributed by atoms with Gasteiger partial charge in [0, 0.05) is 31.1 Å². The van der Waals surface area contributed by atoms with E-state index in [4.69, 9.17) is 9.97 Å². The number of anilines is 2. The van der Waals surface area contributed by atoms with Gasteiger partial charge in [-0.2, -0.15) is 18.2 Å². The number of rotatable bonds is 7. The molecule has 0 aliphatic carbocycles. The zero-order chi connectivity index (χ0) is 25.4. The Bertz CT molecular complexity index is 1380. The van der Waals surface area contributed by atoms with E-state index in [2.05, 4.69) is 54.1 Å². The van der Waals surface area contributed by atoms with Crippen molar-refractivity contribution in [2.45, 2.75) is 59.4 Å². The molecule has 1 aliphatic rings. The summed E-state index contributed by atoms with van der Waals surface area (Å²) in [6.45, 7) is 8.42. The van der Waals surface area contributed by atoms with Gasteiger partial charge < -0.3 is 14.4 Å². The van der Waals surface area contributed by atoms with E-state index in [9.17, 15) is 13.2 Å². The molecule has 5 rings (SSSR count). The van der Waals surface area contributed by atoms with Gasteiger partial charge in [-0.05, 0) is 37.5 Å². The molecule has 1 aromatic carbocycles. The summed E-state index contributed by atoms with van der Waals surface area (Å²) >= 11 is 1.66. The Morgan fingerprint density at radius 3 is 2.61 bits per heavy atom. The number of benzene rings is 1. The van der Waals surface area contributed by atoms with Gasteiger partial charge in [0.05, 0.1) is 11.9 Å². The van der Waals surface area contributed by atoms with Gasteiger partial charge in [-0.15, -0.1) is 21.5 Å². The van der Waals surface area contributed by atoms with Crippen molar-refractivity contribution in [2.24, 2.45) is 0 Å². The Hall–Kier alpha value is -3.21. The molecule has 36 heavy (non-hydrogen) atoms. The fourth-order valence-electron chi connectivity index (χ4n) is 4.56. The first-order valence-corrected chi connectivity index (χ1v) is 12.9. The molecule has 0 N–H and O–H groups in total. The highest BCUT2D eigenvalue weighted by atomic mass is 32.1. The summed E-state index contributed by atoms with van der Waals surface area (Å²) in [5.74, 6) is 0.704. The number of fused-ring (bicyclic) bond motifs is 2. The Balaban J connectivity index is 1.55. The minimum Gasteiger partial charge on any atom is -0.347 e. The summed E-state index contributed by atoms with van der Waals surface area (Å²) in [5.41, 5.74) is 2.41. The number of thiophene rings is 1. The normalized spacial score (nSPS) is 13.9. The van der Waals surface area contributed by atoms with Crippen LogP contribution in [-0.4, -0.2) is 37.8 Å². The van der Waals surface area contributed by atoms with Gasteiger partial charge in [0.25, 0.3) is 0 Å². The average Bonchev–Trinajstić information content (AvgIpc) is 3.46. The van der Waals surface area contributed by atoms with Crippen LogP contribution in [0.25, 0.3) is 10.2 Å². The molecule has 0 unspecified atom stereocenters. The molecular formula is C25H28F3N7S. The van der Waals surface area contributed by atoms with Gasteiger partial charge in [0.2, 0.25) is 11.8 Å². The van der Waals surface area contributed by atoms with Crippen LogP contribution in [0.1, 0.15) is 47.9 Å². The second kappa shape index (κ2) is 9.68. The number of nitrogens with zero attached hydrogens (tertiary/aromatic N) is 7. The lowest BCUT2D eigenvalue weighted by Gasteiger charge is -2.30. The second-order valence-electron chi connectivity index (χ2n) is 8.98. The van der Waals surface area contributed by atoms with Crippen molar-refractivity contribution in [3.8, 4) is 0 Å². The predicted octanol–water partition coefficient (Wildman–Crippen LogP) is 5.61. The number of hydrogen-bond donors (Lipinski definition) is 0. The van der Waals surface area contributed by atoms with E-state index in [1.165, 1.54) is 20.6 Å².